The minimum Gasteiger partial charge on any atom is -0.378 e. The maximum absolute atomic E-state index is 13.5. The van der Waals surface area contributed by atoms with Gasteiger partial charge in [0.25, 0.3) is 0 Å². The van der Waals surface area contributed by atoms with E-state index < -0.39 is 17.0 Å². The van der Waals surface area contributed by atoms with Gasteiger partial charge in [-0.25, -0.2) is 8.78 Å². The van der Waals surface area contributed by atoms with Crippen LogP contribution in [0.15, 0.2) is 18.2 Å². The largest absolute Gasteiger partial charge is 0.378 e. The van der Waals surface area contributed by atoms with Crippen molar-refractivity contribution in [1.82, 2.24) is 0 Å². The molecule has 90 valence electrons. The van der Waals surface area contributed by atoms with Crippen LogP contribution in [0.2, 0.25) is 0 Å². The summed E-state index contributed by atoms with van der Waals surface area (Å²) in [6.45, 7) is 0.999. The molecule has 1 aromatic carbocycles. The van der Waals surface area contributed by atoms with Crippen molar-refractivity contribution in [3.63, 3.8) is 0 Å². The number of hydrogen-bond donors (Lipinski definition) is 0. The van der Waals surface area contributed by atoms with Gasteiger partial charge in [0.1, 0.15) is 17.0 Å². The Bertz CT molecular complexity index is 466. The summed E-state index contributed by atoms with van der Waals surface area (Å²) >= 11 is 0. The highest BCUT2D eigenvalue weighted by Crippen LogP contribution is 2.30. The topological polar surface area (TPSA) is 36.3 Å². The molecule has 1 heterocycles. The lowest BCUT2D eigenvalue weighted by molar-refractivity contribution is -0.0717. The standard InChI is InChI=1S/C12H12F2N2O/c1-16(6-12(5-15)7-17-8-12)11-4-9(13)2-3-10(11)14/h2-4H,6-8H2,1H3. The quantitative estimate of drug-likeness (QED) is 0.807. The number of anilines is 1. The third kappa shape index (κ3) is 2.22. The molecule has 17 heavy (non-hydrogen) atoms. The molecule has 1 fully saturated rings. The second kappa shape index (κ2) is 4.30. The van der Waals surface area contributed by atoms with E-state index >= 15 is 0 Å². The van der Waals surface area contributed by atoms with Gasteiger partial charge in [-0.05, 0) is 12.1 Å². The van der Waals surface area contributed by atoms with Crippen LogP contribution in [0.3, 0.4) is 0 Å². The molecule has 0 aliphatic carbocycles. The van der Waals surface area contributed by atoms with E-state index in [0.29, 0.717) is 19.8 Å². The SMILES string of the molecule is CN(CC1(C#N)COC1)c1cc(F)ccc1F. The Morgan fingerprint density at radius 3 is 2.71 bits per heavy atom. The predicted octanol–water partition coefficient (Wildman–Crippen LogP) is 1.94. The maximum Gasteiger partial charge on any atom is 0.146 e. The first-order chi connectivity index (χ1) is 8.06. The van der Waals surface area contributed by atoms with Gasteiger partial charge in [-0.15, -0.1) is 0 Å². The van der Waals surface area contributed by atoms with Crippen LogP contribution in [0.4, 0.5) is 14.5 Å². The molecule has 1 aliphatic rings. The summed E-state index contributed by atoms with van der Waals surface area (Å²) in [5.41, 5.74) is -0.445. The zero-order valence-electron chi connectivity index (χ0n) is 9.41. The molecule has 0 saturated carbocycles. The highest BCUT2D eigenvalue weighted by Gasteiger charge is 2.40. The Morgan fingerprint density at radius 1 is 1.47 bits per heavy atom. The Kier molecular flexibility index (Phi) is 2.99. The lowest BCUT2D eigenvalue weighted by atomic mass is 9.87. The molecule has 1 aromatic rings. The number of ether oxygens (including phenoxy) is 1. The molecule has 0 spiro atoms. The Morgan fingerprint density at radius 2 is 2.18 bits per heavy atom. The first-order valence-corrected chi connectivity index (χ1v) is 5.21. The molecule has 0 aromatic heterocycles. The highest BCUT2D eigenvalue weighted by atomic mass is 19.1. The van der Waals surface area contributed by atoms with Crippen LogP contribution in [0.5, 0.6) is 0 Å². The van der Waals surface area contributed by atoms with Crippen LogP contribution in [0.1, 0.15) is 0 Å². The van der Waals surface area contributed by atoms with E-state index in [1.165, 1.54) is 0 Å². The summed E-state index contributed by atoms with van der Waals surface area (Å²) in [7, 11) is 1.63. The summed E-state index contributed by atoms with van der Waals surface area (Å²) in [6.07, 6.45) is 0. The fourth-order valence-electron chi connectivity index (χ4n) is 1.86. The lowest BCUT2D eigenvalue weighted by Crippen LogP contribution is -2.49. The molecule has 0 bridgehead atoms. The van der Waals surface area contributed by atoms with E-state index in [0.717, 1.165) is 18.2 Å². The van der Waals surface area contributed by atoms with Crippen LogP contribution in [-0.2, 0) is 4.74 Å². The summed E-state index contributed by atoms with van der Waals surface area (Å²) in [4.78, 5) is 1.55. The number of rotatable bonds is 3. The van der Waals surface area contributed by atoms with Gasteiger partial charge in [-0.2, -0.15) is 5.26 Å². The fraction of sp³-hybridized carbons (Fsp3) is 0.417. The summed E-state index contributed by atoms with van der Waals surface area (Å²) < 4.78 is 31.5. The van der Waals surface area contributed by atoms with Crippen molar-refractivity contribution in [2.24, 2.45) is 5.41 Å². The van der Waals surface area contributed by atoms with Crippen molar-refractivity contribution < 1.29 is 13.5 Å². The number of nitrogens with zero attached hydrogens (tertiary/aromatic N) is 2. The monoisotopic (exact) mass is 238 g/mol. The molecule has 0 radical (unpaired) electrons. The second-order valence-electron chi connectivity index (χ2n) is 4.34. The first-order valence-electron chi connectivity index (χ1n) is 5.21. The van der Waals surface area contributed by atoms with Crippen molar-refractivity contribution >= 4 is 5.69 Å². The van der Waals surface area contributed by atoms with E-state index in [2.05, 4.69) is 6.07 Å². The van der Waals surface area contributed by atoms with Gasteiger partial charge >= 0.3 is 0 Å². The molecular weight excluding hydrogens is 226 g/mol. The van der Waals surface area contributed by atoms with Crippen molar-refractivity contribution in [1.29, 1.82) is 5.26 Å². The second-order valence-corrected chi connectivity index (χ2v) is 4.34. The average Bonchev–Trinajstić information content (AvgIpc) is 2.26. The van der Waals surface area contributed by atoms with E-state index in [-0.39, 0.29) is 5.69 Å². The van der Waals surface area contributed by atoms with Gasteiger partial charge in [0.05, 0.1) is 25.0 Å². The normalized spacial score (nSPS) is 17.1. The highest BCUT2D eigenvalue weighted by molar-refractivity contribution is 5.48. The van der Waals surface area contributed by atoms with E-state index in [1.807, 2.05) is 0 Å². The van der Waals surface area contributed by atoms with Crippen LogP contribution < -0.4 is 4.90 Å². The average molecular weight is 238 g/mol. The fourth-order valence-corrected chi connectivity index (χ4v) is 1.86. The third-order valence-corrected chi connectivity index (χ3v) is 2.85. The van der Waals surface area contributed by atoms with Crippen molar-refractivity contribution in [3.8, 4) is 6.07 Å². The number of benzene rings is 1. The molecular formula is C12H12F2N2O. The van der Waals surface area contributed by atoms with Gasteiger partial charge in [0, 0.05) is 19.7 Å². The lowest BCUT2D eigenvalue weighted by Gasteiger charge is -2.38. The molecule has 1 saturated heterocycles. The van der Waals surface area contributed by atoms with Crippen LogP contribution >= 0.6 is 0 Å². The summed E-state index contributed by atoms with van der Waals surface area (Å²) in [5, 5.41) is 9.03. The molecule has 0 N–H and O–H groups in total. The Hall–Kier alpha value is -1.67. The van der Waals surface area contributed by atoms with Crippen LogP contribution in [-0.4, -0.2) is 26.8 Å². The van der Waals surface area contributed by atoms with Crippen molar-refractivity contribution in [2.45, 2.75) is 0 Å². The maximum atomic E-state index is 13.5. The summed E-state index contributed by atoms with van der Waals surface area (Å²) in [6, 6.07) is 5.44. The third-order valence-electron chi connectivity index (χ3n) is 2.85. The Balaban J connectivity index is 2.17. The Labute approximate surface area is 98.2 Å². The molecule has 3 nitrogen and oxygen atoms in total. The van der Waals surface area contributed by atoms with Gasteiger partial charge in [-0.3, -0.25) is 0 Å². The van der Waals surface area contributed by atoms with Gasteiger partial charge < -0.3 is 9.64 Å². The van der Waals surface area contributed by atoms with Crippen molar-refractivity contribution in [2.75, 3.05) is 31.7 Å². The van der Waals surface area contributed by atoms with E-state index in [4.69, 9.17) is 10.00 Å². The first kappa shape index (κ1) is 11.8. The van der Waals surface area contributed by atoms with Crippen molar-refractivity contribution in [3.05, 3.63) is 29.8 Å². The molecule has 1 aliphatic heterocycles. The minimum atomic E-state index is -0.604. The molecule has 0 unspecified atom stereocenters. The molecule has 0 amide bonds. The molecule has 5 heteroatoms. The predicted molar refractivity (Wildman–Crippen MR) is 58.5 cm³/mol. The van der Waals surface area contributed by atoms with Gasteiger partial charge in [0.15, 0.2) is 0 Å². The number of halogens is 2. The van der Waals surface area contributed by atoms with Gasteiger partial charge in [-0.1, -0.05) is 0 Å². The zero-order chi connectivity index (χ0) is 12.5. The summed E-state index contributed by atoms with van der Waals surface area (Å²) in [5.74, 6) is -0.994. The molecule has 2 rings (SSSR count). The van der Waals surface area contributed by atoms with Crippen LogP contribution in [0, 0.1) is 28.4 Å². The van der Waals surface area contributed by atoms with E-state index in [9.17, 15) is 8.78 Å². The van der Waals surface area contributed by atoms with E-state index in [1.54, 1.807) is 11.9 Å². The number of nitriles is 1. The molecule has 0 atom stereocenters. The smallest absolute Gasteiger partial charge is 0.146 e. The zero-order valence-corrected chi connectivity index (χ0v) is 9.41. The van der Waals surface area contributed by atoms with Crippen LogP contribution in [0.25, 0.3) is 0 Å². The minimum absolute atomic E-state index is 0.159. The number of hydrogen-bond acceptors (Lipinski definition) is 3. The van der Waals surface area contributed by atoms with Gasteiger partial charge in [0.2, 0.25) is 0 Å².